The van der Waals surface area contributed by atoms with Gasteiger partial charge in [-0.05, 0) is 36.4 Å². The van der Waals surface area contributed by atoms with E-state index in [1.165, 1.54) is 6.21 Å². The van der Waals surface area contributed by atoms with Crippen molar-refractivity contribution >= 4 is 33.9 Å². The van der Waals surface area contributed by atoms with E-state index >= 15 is 0 Å². The average Bonchev–Trinajstić information content (AvgIpc) is 2.81. The zero-order valence-corrected chi connectivity index (χ0v) is 17.2. The van der Waals surface area contributed by atoms with Crippen LogP contribution >= 0.6 is 0 Å². The first-order chi connectivity index (χ1) is 15.1. The number of pyridine rings is 1. The summed E-state index contributed by atoms with van der Waals surface area (Å²) >= 11 is 0. The fourth-order valence-electron chi connectivity index (χ4n) is 3.61. The van der Waals surface area contributed by atoms with Gasteiger partial charge < -0.3 is 14.0 Å². The number of hydrazone groups is 1. The number of benzene rings is 3. The van der Waals surface area contributed by atoms with E-state index in [2.05, 4.69) is 10.5 Å². The molecule has 0 bridgehead atoms. The Labute approximate surface area is 178 Å². The van der Waals surface area contributed by atoms with Gasteiger partial charge in [0.05, 0.1) is 31.5 Å². The second kappa shape index (κ2) is 8.71. The topological polar surface area (TPSA) is 81.9 Å². The molecule has 1 aromatic heterocycles. The lowest BCUT2D eigenvalue weighted by atomic mass is 10.1. The number of aromatic nitrogens is 1. The minimum atomic E-state index is -0.322. The van der Waals surface area contributed by atoms with Gasteiger partial charge in [-0.2, -0.15) is 5.10 Å². The van der Waals surface area contributed by atoms with Gasteiger partial charge in [-0.1, -0.05) is 30.3 Å². The van der Waals surface area contributed by atoms with Crippen LogP contribution in [-0.4, -0.2) is 30.9 Å². The molecule has 0 saturated heterocycles. The quantitative estimate of drug-likeness (QED) is 0.298. The Bertz CT molecular complexity index is 1300. The van der Waals surface area contributed by atoms with E-state index in [4.69, 9.17) is 9.47 Å². The van der Waals surface area contributed by atoms with Crippen LogP contribution in [0.4, 0.5) is 0 Å². The number of carbonyl (C=O) groups excluding carboxylic acids is 1. The number of methoxy groups -OCH3 is 2. The highest BCUT2D eigenvalue weighted by molar-refractivity contribution is 5.95. The number of nitrogens with one attached hydrogen (secondary N) is 1. The molecule has 3 aromatic carbocycles. The number of hydrogen-bond donors (Lipinski definition) is 1. The lowest BCUT2D eigenvalue weighted by molar-refractivity contribution is -0.121. The van der Waals surface area contributed by atoms with E-state index in [1.807, 2.05) is 47.0 Å². The number of amides is 1. The molecule has 0 saturated carbocycles. The Morgan fingerprint density at radius 2 is 1.58 bits per heavy atom. The summed E-state index contributed by atoms with van der Waals surface area (Å²) in [4.78, 5) is 25.5. The first-order valence-corrected chi connectivity index (χ1v) is 9.67. The SMILES string of the molecule is COc1cccc(/C=N\NC(=O)Cn2c3ccccc3c(=O)c3ccccc32)c1OC. The third-order valence-electron chi connectivity index (χ3n) is 5.01. The van der Waals surface area contributed by atoms with Crippen molar-refractivity contribution in [1.82, 2.24) is 9.99 Å². The van der Waals surface area contributed by atoms with Gasteiger partial charge in [0, 0.05) is 16.3 Å². The molecule has 156 valence electrons. The van der Waals surface area contributed by atoms with Gasteiger partial charge in [-0.25, -0.2) is 5.43 Å². The van der Waals surface area contributed by atoms with E-state index in [0.29, 0.717) is 38.9 Å². The second-order valence-corrected chi connectivity index (χ2v) is 6.83. The Hall–Kier alpha value is -4.13. The highest BCUT2D eigenvalue weighted by atomic mass is 16.5. The molecule has 0 unspecified atom stereocenters. The van der Waals surface area contributed by atoms with Crippen LogP contribution in [0.2, 0.25) is 0 Å². The lowest BCUT2D eigenvalue weighted by Gasteiger charge is -2.14. The summed E-state index contributed by atoms with van der Waals surface area (Å²) in [6.07, 6.45) is 1.50. The maximum atomic E-state index is 12.8. The monoisotopic (exact) mass is 415 g/mol. The molecule has 0 aliphatic rings. The van der Waals surface area contributed by atoms with Crippen molar-refractivity contribution in [2.24, 2.45) is 5.10 Å². The molecule has 0 fully saturated rings. The van der Waals surface area contributed by atoms with Crippen molar-refractivity contribution in [3.8, 4) is 11.5 Å². The predicted molar refractivity (Wildman–Crippen MR) is 121 cm³/mol. The van der Waals surface area contributed by atoms with E-state index in [-0.39, 0.29) is 17.9 Å². The molecule has 4 aromatic rings. The molecule has 0 spiro atoms. The summed E-state index contributed by atoms with van der Waals surface area (Å²) in [5.41, 5.74) is 4.55. The molecule has 7 nitrogen and oxygen atoms in total. The molecular formula is C24H21N3O4. The molecule has 1 amide bonds. The molecule has 0 radical (unpaired) electrons. The number of ether oxygens (including phenoxy) is 2. The van der Waals surface area contributed by atoms with Crippen LogP contribution in [0.15, 0.2) is 76.6 Å². The normalized spacial score (nSPS) is 11.2. The lowest BCUT2D eigenvalue weighted by Crippen LogP contribution is -2.25. The van der Waals surface area contributed by atoms with Crippen LogP contribution in [0, 0.1) is 0 Å². The van der Waals surface area contributed by atoms with Crippen LogP contribution in [0.3, 0.4) is 0 Å². The second-order valence-electron chi connectivity index (χ2n) is 6.83. The van der Waals surface area contributed by atoms with Gasteiger partial charge in [-0.3, -0.25) is 9.59 Å². The van der Waals surface area contributed by atoms with Crippen LogP contribution in [-0.2, 0) is 11.3 Å². The van der Waals surface area contributed by atoms with Crippen molar-refractivity contribution in [2.45, 2.75) is 6.54 Å². The zero-order chi connectivity index (χ0) is 21.8. The largest absolute Gasteiger partial charge is 0.493 e. The smallest absolute Gasteiger partial charge is 0.260 e. The minimum absolute atomic E-state index is 0.00783. The molecule has 7 heteroatoms. The van der Waals surface area contributed by atoms with Gasteiger partial charge >= 0.3 is 0 Å². The summed E-state index contributed by atoms with van der Waals surface area (Å²) in [5.74, 6) is 0.779. The maximum Gasteiger partial charge on any atom is 0.260 e. The summed E-state index contributed by atoms with van der Waals surface area (Å²) in [6.45, 7) is 0.00783. The molecule has 0 atom stereocenters. The fourth-order valence-corrected chi connectivity index (χ4v) is 3.61. The number of fused-ring (bicyclic) bond motifs is 2. The van der Waals surface area contributed by atoms with Gasteiger partial charge in [0.25, 0.3) is 5.91 Å². The number of para-hydroxylation sites is 3. The van der Waals surface area contributed by atoms with E-state index in [1.54, 1.807) is 38.5 Å². The highest BCUT2D eigenvalue weighted by Crippen LogP contribution is 2.29. The standard InChI is InChI=1S/C24H21N3O4/c1-30-21-13-7-8-16(24(21)31-2)14-25-26-22(28)15-27-19-11-5-3-9-17(19)23(29)18-10-4-6-12-20(18)27/h3-14H,15H2,1-2H3,(H,26,28)/b25-14-. The van der Waals surface area contributed by atoms with Gasteiger partial charge in [0.15, 0.2) is 16.9 Å². The Morgan fingerprint density at radius 3 is 2.19 bits per heavy atom. The van der Waals surface area contributed by atoms with Crippen molar-refractivity contribution in [1.29, 1.82) is 0 Å². The van der Waals surface area contributed by atoms with E-state index < -0.39 is 0 Å². The number of hydrogen-bond acceptors (Lipinski definition) is 5. The third-order valence-corrected chi connectivity index (χ3v) is 5.01. The van der Waals surface area contributed by atoms with Gasteiger partial charge in [0.2, 0.25) is 0 Å². The van der Waals surface area contributed by atoms with E-state index in [9.17, 15) is 9.59 Å². The van der Waals surface area contributed by atoms with Crippen molar-refractivity contribution in [3.63, 3.8) is 0 Å². The molecule has 1 heterocycles. The Balaban J connectivity index is 1.63. The molecule has 4 rings (SSSR count). The zero-order valence-electron chi connectivity index (χ0n) is 17.2. The minimum Gasteiger partial charge on any atom is -0.493 e. The molecular weight excluding hydrogens is 394 g/mol. The molecule has 1 N–H and O–H groups in total. The van der Waals surface area contributed by atoms with Crippen molar-refractivity contribution < 1.29 is 14.3 Å². The van der Waals surface area contributed by atoms with E-state index in [0.717, 1.165) is 0 Å². The number of nitrogens with zero attached hydrogens (tertiary/aromatic N) is 2. The molecule has 31 heavy (non-hydrogen) atoms. The van der Waals surface area contributed by atoms with Crippen LogP contribution in [0.25, 0.3) is 21.8 Å². The van der Waals surface area contributed by atoms with Gasteiger partial charge in [0.1, 0.15) is 6.54 Å². The van der Waals surface area contributed by atoms with Gasteiger partial charge in [-0.15, -0.1) is 0 Å². The maximum absolute atomic E-state index is 12.8. The molecule has 0 aliphatic heterocycles. The molecule has 0 aliphatic carbocycles. The number of carbonyl (C=O) groups is 1. The first kappa shape index (κ1) is 20.2. The third kappa shape index (κ3) is 3.85. The fraction of sp³-hybridized carbons (Fsp3) is 0.125. The number of rotatable bonds is 6. The summed E-state index contributed by atoms with van der Waals surface area (Å²) in [7, 11) is 3.10. The summed E-state index contributed by atoms with van der Waals surface area (Å²) in [6, 6.07) is 19.9. The predicted octanol–water partition coefficient (Wildman–Crippen LogP) is 3.32. The van der Waals surface area contributed by atoms with Crippen LogP contribution < -0.4 is 20.3 Å². The first-order valence-electron chi connectivity index (χ1n) is 9.67. The van der Waals surface area contributed by atoms with Crippen LogP contribution in [0.1, 0.15) is 5.56 Å². The highest BCUT2D eigenvalue weighted by Gasteiger charge is 2.13. The average molecular weight is 415 g/mol. The van der Waals surface area contributed by atoms with Crippen LogP contribution in [0.5, 0.6) is 11.5 Å². The van der Waals surface area contributed by atoms with Crippen molar-refractivity contribution in [3.05, 3.63) is 82.5 Å². The van der Waals surface area contributed by atoms with Crippen molar-refractivity contribution in [2.75, 3.05) is 14.2 Å². The Morgan fingerprint density at radius 1 is 0.935 bits per heavy atom. The Kier molecular flexibility index (Phi) is 5.66. The summed E-state index contributed by atoms with van der Waals surface area (Å²) in [5, 5.41) is 5.20. The summed E-state index contributed by atoms with van der Waals surface area (Å²) < 4.78 is 12.5.